The van der Waals surface area contributed by atoms with Crippen molar-refractivity contribution >= 4 is 11.8 Å². The molecule has 0 saturated heterocycles. The van der Waals surface area contributed by atoms with Gasteiger partial charge in [-0.3, -0.25) is 9.59 Å². The van der Waals surface area contributed by atoms with E-state index in [4.69, 9.17) is 4.74 Å². The molecule has 174 valence electrons. The number of amides is 2. The van der Waals surface area contributed by atoms with Crippen LogP contribution < -0.4 is 10.1 Å². The Labute approximate surface area is 193 Å². The van der Waals surface area contributed by atoms with Crippen LogP contribution in [0.1, 0.15) is 65.5 Å². The van der Waals surface area contributed by atoms with Gasteiger partial charge in [0.05, 0.1) is 0 Å². The molecule has 0 bridgehead atoms. The molecule has 2 atom stereocenters. The maximum absolute atomic E-state index is 13.4. The highest BCUT2D eigenvalue weighted by Gasteiger charge is 2.30. The predicted molar refractivity (Wildman–Crippen MR) is 130 cm³/mol. The van der Waals surface area contributed by atoms with E-state index in [9.17, 15) is 9.59 Å². The maximum Gasteiger partial charge on any atom is 0.261 e. The van der Waals surface area contributed by atoms with Crippen LogP contribution in [0.5, 0.6) is 5.75 Å². The van der Waals surface area contributed by atoms with Crippen molar-refractivity contribution in [2.24, 2.45) is 0 Å². The molecular weight excluding hydrogens is 400 g/mol. The number of para-hydroxylation sites is 1. The van der Waals surface area contributed by atoms with Crippen LogP contribution in [-0.4, -0.2) is 35.4 Å². The summed E-state index contributed by atoms with van der Waals surface area (Å²) in [7, 11) is 0. The van der Waals surface area contributed by atoms with Gasteiger partial charge in [-0.05, 0) is 42.4 Å². The molecule has 0 heterocycles. The third-order valence-electron chi connectivity index (χ3n) is 5.63. The van der Waals surface area contributed by atoms with Crippen LogP contribution in [0.15, 0.2) is 54.6 Å². The zero-order chi connectivity index (χ0) is 23.7. The number of benzene rings is 2. The summed E-state index contributed by atoms with van der Waals surface area (Å²) in [4.78, 5) is 28.0. The lowest BCUT2D eigenvalue weighted by molar-refractivity contribution is -0.143. The number of carbonyl (C=O) groups excluding carboxylic acids is 2. The minimum absolute atomic E-state index is 0.0557. The molecule has 0 aliphatic heterocycles. The van der Waals surface area contributed by atoms with E-state index < -0.39 is 6.04 Å². The molecule has 0 saturated carbocycles. The summed E-state index contributed by atoms with van der Waals surface area (Å²) in [5.74, 6) is 0.370. The smallest absolute Gasteiger partial charge is 0.261 e. The summed E-state index contributed by atoms with van der Waals surface area (Å²) in [6, 6.07) is 17.0. The SMILES string of the molecule is CC[C@@H](C)NC(=O)[C@@H](CC)N(Cc1ccccc1)C(=O)COc1ccccc1C(C)(C)C. The molecule has 0 aromatic heterocycles. The fraction of sp³-hybridized carbons (Fsp3) is 0.481. The van der Waals surface area contributed by atoms with Crippen LogP contribution in [0.4, 0.5) is 0 Å². The minimum atomic E-state index is -0.557. The maximum atomic E-state index is 13.4. The first kappa shape index (κ1) is 25.4. The van der Waals surface area contributed by atoms with Crippen LogP contribution in [0, 0.1) is 0 Å². The highest BCUT2D eigenvalue weighted by atomic mass is 16.5. The van der Waals surface area contributed by atoms with Gasteiger partial charge >= 0.3 is 0 Å². The number of ether oxygens (including phenoxy) is 1. The lowest BCUT2D eigenvalue weighted by Gasteiger charge is -2.31. The lowest BCUT2D eigenvalue weighted by Crippen LogP contribution is -2.51. The Bertz CT molecular complexity index is 874. The van der Waals surface area contributed by atoms with Crippen molar-refractivity contribution in [2.75, 3.05) is 6.61 Å². The van der Waals surface area contributed by atoms with Gasteiger partial charge in [0.2, 0.25) is 5.91 Å². The van der Waals surface area contributed by atoms with Crippen LogP contribution in [0.25, 0.3) is 0 Å². The topological polar surface area (TPSA) is 58.6 Å². The first-order valence-corrected chi connectivity index (χ1v) is 11.5. The van der Waals surface area contributed by atoms with Gasteiger partial charge < -0.3 is 15.0 Å². The van der Waals surface area contributed by atoms with E-state index in [2.05, 4.69) is 26.1 Å². The normalized spacial score (nSPS) is 13.2. The molecular formula is C27H38N2O3. The molecule has 0 aliphatic carbocycles. The molecule has 0 fully saturated rings. The first-order valence-electron chi connectivity index (χ1n) is 11.5. The zero-order valence-corrected chi connectivity index (χ0v) is 20.4. The van der Waals surface area contributed by atoms with Gasteiger partial charge in [0.1, 0.15) is 11.8 Å². The van der Waals surface area contributed by atoms with Crippen molar-refractivity contribution < 1.29 is 14.3 Å². The van der Waals surface area contributed by atoms with E-state index in [1.54, 1.807) is 4.90 Å². The van der Waals surface area contributed by atoms with Gasteiger partial charge in [-0.25, -0.2) is 0 Å². The lowest BCUT2D eigenvalue weighted by atomic mass is 9.86. The Hall–Kier alpha value is -2.82. The Morgan fingerprint density at radius 2 is 1.59 bits per heavy atom. The third-order valence-corrected chi connectivity index (χ3v) is 5.63. The third kappa shape index (κ3) is 7.11. The van der Waals surface area contributed by atoms with Crippen molar-refractivity contribution in [1.29, 1.82) is 0 Å². The average Bonchev–Trinajstić information content (AvgIpc) is 2.77. The second-order valence-electron chi connectivity index (χ2n) is 9.28. The Morgan fingerprint density at radius 1 is 0.969 bits per heavy atom. The van der Waals surface area contributed by atoms with E-state index in [1.165, 1.54) is 0 Å². The van der Waals surface area contributed by atoms with E-state index in [-0.39, 0.29) is 29.9 Å². The fourth-order valence-electron chi connectivity index (χ4n) is 3.58. The Balaban J connectivity index is 2.25. The zero-order valence-electron chi connectivity index (χ0n) is 20.4. The van der Waals surface area contributed by atoms with E-state index >= 15 is 0 Å². The van der Waals surface area contributed by atoms with Crippen molar-refractivity contribution in [3.8, 4) is 5.75 Å². The van der Waals surface area contributed by atoms with Gasteiger partial charge in [-0.15, -0.1) is 0 Å². The highest BCUT2D eigenvalue weighted by Crippen LogP contribution is 2.31. The summed E-state index contributed by atoms with van der Waals surface area (Å²) in [6.07, 6.45) is 1.36. The van der Waals surface area contributed by atoms with Crippen molar-refractivity contribution in [1.82, 2.24) is 10.2 Å². The second kappa shape index (κ2) is 11.7. The molecule has 2 aromatic carbocycles. The standard InChI is InChI=1S/C27H38N2O3/c1-7-20(3)28-26(31)23(8-2)29(18-21-14-10-9-11-15-21)25(30)19-32-24-17-13-12-16-22(24)27(4,5)6/h9-17,20,23H,7-8,18-19H2,1-6H3,(H,28,31)/t20-,23-/m1/s1. The second-order valence-corrected chi connectivity index (χ2v) is 9.28. The predicted octanol–water partition coefficient (Wildman–Crippen LogP) is 5.09. The van der Waals surface area contributed by atoms with Crippen LogP contribution in [0.3, 0.4) is 0 Å². The molecule has 1 N–H and O–H groups in total. The minimum Gasteiger partial charge on any atom is -0.483 e. The molecule has 0 unspecified atom stereocenters. The molecule has 0 aliphatic rings. The quantitative estimate of drug-likeness (QED) is 0.562. The van der Waals surface area contributed by atoms with Gasteiger partial charge in [0.15, 0.2) is 6.61 Å². The molecule has 0 radical (unpaired) electrons. The number of rotatable bonds is 10. The highest BCUT2D eigenvalue weighted by molar-refractivity contribution is 5.88. The number of hydrogen-bond acceptors (Lipinski definition) is 3. The summed E-state index contributed by atoms with van der Waals surface area (Å²) in [5.41, 5.74) is 1.92. The van der Waals surface area contributed by atoms with Crippen molar-refractivity contribution in [3.63, 3.8) is 0 Å². The summed E-state index contributed by atoms with van der Waals surface area (Å²) < 4.78 is 6.00. The molecule has 2 rings (SSSR count). The number of hydrogen-bond donors (Lipinski definition) is 1. The number of nitrogens with zero attached hydrogens (tertiary/aromatic N) is 1. The van der Waals surface area contributed by atoms with Gasteiger partial charge in [0, 0.05) is 12.6 Å². The van der Waals surface area contributed by atoms with Crippen molar-refractivity contribution in [2.45, 2.75) is 78.4 Å². The van der Waals surface area contributed by atoms with Crippen LogP contribution >= 0.6 is 0 Å². The van der Waals surface area contributed by atoms with Crippen LogP contribution in [0.2, 0.25) is 0 Å². The first-order chi connectivity index (χ1) is 15.2. The van der Waals surface area contributed by atoms with E-state index in [1.807, 2.05) is 75.4 Å². The van der Waals surface area contributed by atoms with Gasteiger partial charge in [0.25, 0.3) is 5.91 Å². The summed E-state index contributed by atoms with van der Waals surface area (Å²) in [5, 5.41) is 3.03. The molecule has 0 spiro atoms. The average molecular weight is 439 g/mol. The largest absolute Gasteiger partial charge is 0.483 e. The van der Waals surface area contributed by atoms with Crippen molar-refractivity contribution in [3.05, 3.63) is 65.7 Å². The Morgan fingerprint density at radius 3 is 2.19 bits per heavy atom. The molecule has 32 heavy (non-hydrogen) atoms. The summed E-state index contributed by atoms with van der Waals surface area (Å²) >= 11 is 0. The molecule has 5 nitrogen and oxygen atoms in total. The monoisotopic (exact) mass is 438 g/mol. The van der Waals surface area contributed by atoms with Gasteiger partial charge in [-0.2, -0.15) is 0 Å². The van der Waals surface area contributed by atoms with E-state index in [0.717, 1.165) is 17.5 Å². The molecule has 2 amide bonds. The van der Waals surface area contributed by atoms with Gasteiger partial charge in [-0.1, -0.05) is 83.1 Å². The Kier molecular flexibility index (Phi) is 9.30. The fourth-order valence-corrected chi connectivity index (χ4v) is 3.58. The van der Waals surface area contributed by atoms with E-state index in [0.29, 0.717) is 18.7 Å². The molecule has 5 heteroatoms. The number of nitrogens with one attached hydrogen (secondary N) is 1. The molecule has 2 aromatic rings. The van der Waals surface area contributed by atoms with Crippen LogP contribution in [-0.2, 0) is 21.5 Å². The summed E-state index contributed by atoms with van der Waals surface area (Å²) in [6.45, 7) is 12.5. The number of carbonyl (C=O) groups is 2.